The molecule has 0 heterocycles. The van der Waals surface area contributed by atoms with Gasteiger partial charge in [-0.05, 0) is 0 Å². The first-order valence-corrected chi connectivity index (χ1v) is 3.39. The number of aliphatic hydroxyl groups is 1. The van der Waals surface area contributed by atoms with Gasteiger partial charge in [-0.25, -0.2) is 0 Å². The maximum atomic E-state index is 7.83. The van der Waals surface area contributed by atoms with Crippen molar-refractivity contribution in [3.05, 3.63) is 0 Å². The fourth-order valence-corrected chi connectivity index (χ4v) is 0. The van der Waals surface area contributed by atoms with E-state index in [1.807, 2.05) is 0 Å². The first-order chi connectivity index (χ1) is 2.56. The molecule has 0 unspecified atom stereocenters. The second-order valence-corrected chi connectivity index (χ2v) is 2.80. The van der Waals surface area contributed by atoms with Gasteiger partial charge >= 0.3 is 8.80 Å². The molecule has 0 rings (SSSR count). The lowest BCUT2D eigenvalue weighted by atomic mass is 11.7. The zero-order chi connectivity index (χ0) is 5.21. The van der Waals surface area contributed by atoms with Gasteiger partial charge in [0.1, 0.15) is 6.23 Å². The molecule has 38 valence electrons. The van der Waals surface area contributed by atoms with Crippen molar-refractivity contribution in [3.63, 3.8) is 0 Å². The lowest BCUT2D eigenvalue weighted by Crippen LogP contribution is -2.39. The molecule has 4 N–H and O–H groups in total. The summed E-state index contributed by atoms with van der Waals surface area (Å²) in [5, 5.41) is 7.71. The minimum atomic E-state index is -4.08. The molecule has 0 aliphatic heterocycles. The van der Waals surface area contributed by atoms with Crippen LogP contribution in [0.3, 0.4) is 0 Å². The summed E-state index contributed by atoms with van der Waals surface area (Å²) in [6, 6.07) is 0. The monoisotopic (exact) mass is 110 g/mol. The summed E-state index contributed by atoms with van der Waals surface area (Å²) in [7, 11) is -4.08. The average Bonchev–Trinajstić information content (AvgIpc) is 1.35. The van der Waals surface area contributed by atoms with Crippen LogP contribution in [0.1, 0.15) is 0 Å². The van der Waals surface area contributed by atoms with Crippen molar-refractivity contribution < 1.29 is 19.5 Å². The van der Waals surface area contributed by atoms with Crippen molar-refractivity contribution in [2.45, 2.75) is 0 Å². The lowest BCUT2D eigenvalue weighted by Gasteiger charge is -2.00. The van der Waals surface area contributed by atoms with Crippen LogP contribution < -0.4 is 0 Å². The summed E-state index contributed by atoms with van der Waals surface area (Å²) in [4.78, 5) is 23.5. The van der Waals surface area contributed by atoms with E-state index in [1.54, 1.807) is 0 Å². The largest absolute Gasteiger partial charge is 0.519 e. The molecule has 0 saturated heterocycles. The minimum Gasteiger partial charge on any atom is -0.392 e. The van der Waals surface area contributed by atoms with E-state index < -0.39 is 15.0 Å². The van der Waals surface area contributed by atoms with Crippen LogP contribution >= 0.6 is 0 Å². The maximum absolute atomic E-state index is 7.83. The normalized spacial score (nSPS) is 12.0. The Bertz CT molecular complexity index is 37.3. The maximum Gasteiger partial charge on any atom is 0.519 e. The third-order valence-electron chi connectivity index (χ3n) is 0.212. The van der Waals surface area contributed by atoms with Crippen molar-refractivity contribution >= 4 is 8.80 Å². The molecule has 0 aromatic heterocycles. The fourth-order valence-electron chi connectivity index (χ4n) is 0. The van der Waals surface area contributed by atoms with E-state index in [1.165, 1.54) is 0 Å². The standard InChI is InChI=1S/CH6O4Si/c2-1-6(3,4)5/h2-5H,1H2. The first kappa shape index (κ1) is 6.06. The van der Waals surface area contributed by atoms with Crippen LogP contribution in [0, 0.1) is 0 Å². The Morgan fingerprint density at radius 3 is 1.33 bits per heavy atom. The molecule has 0 spiro atoms. The van der Waals surface area contributed by atoms with Gasteiger partial charge in [-0.3, -0.25) is 0 Å². The molecule has 6 heavy (non-hydrogen) atoms. The average molecular weight is 110 g/mol. The molecular weight excluding hydrogens is 104 g/mol. The van der Waals surface area contributed by atoms with Crippen LogP contribution in [0.25, 0.3) is 0 Å². The van der Waals surface area contributed by atoms with Gasteiger partial charge in [0.15, 0.2) is 0 Å². The molecule has 5 heteroatoms. The number of aliphatic hydroxyl groups excluding tert-OH is 1. The van der Waals surface area contributed by atoms with Crippen LogP contribution in [-0.2, 0) is 0 Å². The van der Waals surface area contributed by atoms with E-state index in [0.717, 1.165) is 0 Å². The van der Waals surface area contributed by atoms with Crippen molar-refractivity contribution in [2.24, 2.45) is 0 Å². The third kappa shape index (κ3) is 4.06. The second-order valence-electron chi connectivity index (χ2n) is 0.932. The highest BCUT2D eigenvalue weighted by molar-refractivity contribution is 6.55. The smallest absolute Gasteiger partial charge is 0.392 e. The predicted octanol–water partition coefficient (Wildman–Crippen LogP) is -2.57. The number of hydrogen-bond acceptors (Lipinski definition) is 4. The first-order valence-electron chi connectivity index (χ1n) is 1.34. The van der Waals surface area contributed by atoms with Crippen molar-refractivity contribution in [1.82, 2.24) is 0 Å². The van der Waals surface area contributed by atoms with Crippen molar-refractivity contribution in [3.8, 4) is 0 Å². The Morgan fingerprint density at radius 1 is 1.17 bits per heavy atom. The SMILES string of the molecule is OC[Si](O)(O)O. The molecular formula is CH6O4Si. The molecule has 0 saturated carbocycles. The zero-order valence-corrected chi connectivity index (χ0v) is 4.00. The van der Waals surface area contributed by atoms with Crippen LogP contribution in [0.2, 0.25) is 0 Å². The highest BCUT2D eigenvalue weighted by Gasteiger charge is 2.24. The Hall–Kier alpha value is 0.0569. The Kier molecular flexibility index (Phi) is 1.69. The second kappa shape index (κ2) is 1.67. The van der Waals surface area contributed by atoms with Crippen molar-refractivity contribution in [1.29, 1.82) is 0 Å². The van der Waals surface area contributed by atoms with Gasteiger partial charge in [0.05, 0.1) is 0 Å². The van der Waals surface area contributed by atoms with Crippen LogP contribution in [0.4, 0.5) is 0 Å². The van der Waals surface area contributed by atoms with E-state index in [-0.39, 0.29) is 0 Å². The summed E-state index contributed by atoms with van der Waals surface area (Å²) in [6.07, 6.45) is -0.924. The topological polar surface area (TPSA) is 80.9 Å². The Balaban J connectivity index is 3.17. The molecule has 0 amide bonds. The molecule has 0 bridgehead atoms. The van der Waals surface area contributed by atoms with Gasteiger partial charge < -0.3 is 19.5 Å². The molecule has 0 fully saturated rings. The molecule has 0 aliphatic rings. The van der Waals surface area contributed by atoms with Crippen LogP contribution in [0.15, 0.2) is 0 Å². The van der Waals surface area contributed by atoms with E-state index in [2.05, 4.69) is 0 Å². The molecule has 0 radical (unpaired) electrons. The van der Waals surface area contributed by atoms with Gasteiger partial charge in [0.2, 0.25) is 0 Å². The Labute approximate surface area is 35.7 Å². The lowest BCUT2D eigenvalue weighted by molar-refractivity contribution is 0.175. The quantitative estimate of drug-likeness (QED) is 0.280. The molecule has 4 nitrogen and oxygen atoms in total. The molecule has 0 atom stereocenters. The number of rotatable bonds is 1. The minimum absolute atomic E-state index is 0.924. The highest BCUT2D eigenvalue weighted by Crippen LogP contribution is 1.76. The van der Waals surface area contributed by atoms with Crippen molar-refractivity contribution in [2.75, 3.05) is 6.23 Å². The van der Waals surface area contributed by atoms with Gasteiger partial charge in [-0.1, -0.05) is 0 Å². The molecule has 0 aromatic rings. The fraction of sp³-hybridized carbons (Fsp3) is 1.00. The van der Waals surface area contributed by atoms with E-state index in [4.69, 9.17) is 19.5 Å². The summed E-state index contributed by atoms with van der Waals surface area (Å²) >= 11 is 0. The molecule has 0 aliphatic carbocycles. The van der Waals surface area contributed by atoms with Crippen LogP contribution in [-0.4, -0.2) is 34.5 Å². The van der Waals surface area contributed by atoms with E-state index in [0.29, 0.717) is 0 Å². The Morgan fingerprint density at radius 2 is 1.33 bits per heavy atom. The summed E-state index contributed by atoms with van der Waals surface area (Å²) in [5.41, 5.74) is 0. The van der Waals surface area contributed by atoms with Crippen LogP contribution in [0.5, 0.6) is 0 Å². The number of hydrogen-bond donors (Lipinski definition) is 4. The summed E-state index contributed by atoms with van der Waals surface area (Å²) < 4.78 is 0. The predicted molar refractivity (Wildman–Crippen MR) is 19.5 cm³/mol. The third-order valence-corrected chi connectivity index (χ3v) is 0.636. The highest BCUT2D eigenvalue weighted by atomic mass is 28.4. The molecule has 0 aromatic carbocycles. The summed E-state index contributed by atoms with van der Waals surface area (Å²) in [5.74, 6) is 0. The van der Waals surface area contributed by atoms with E-state index >= 15 is 0 Å². The van der Waals surface area contributed by atoms with Gasteiger partial charge in [-0.2, -0.15) is 0 Å². The zero-order valence-electron chi connectivity index (χ0n) is 3.00. The van der Waals surface area contributed by atoms with Gasteiger partial charge in [-0.15, -0.1) is 0 Å². The van der Waals surface area contributed by atoms with Gasteiger partial charge in [0.25, 0.3) is 0 Å². The summed E-state index contributed by atoms with van der Waals surface area (Å²) in [6.45, 7) is 0. The van der Waals surface area contributed by atoms with E-state index in [9.17, 15) is 0 Å². The van der Waals surface area contributed by atoms with Gasteiger partial charge in [0, 0.05) is 0 Å².